The minimum Gasteiger partial charge on any atom is -0.490 e. The van der Waals surface area contributed by atoms with E-state index in [1.165, 1.54) is 16.2 Å². The molecule has 0 aliphatic carbocycles. The number of anilines is 1. The number of hydrogen-bond acceptors (Lipinski definition) is 7. The van der Waals surface area contributed by atoms with Crippen LogP contribution in [0.15, 0.2) is 53.4 Å². The summed E-state index contributed by atoms with van der Waals surface area (Å²) < 4.78 is 11.1. The van der Waals surface area contributed by atoms with Crippen molar-refractivity contribution < 1.29 is 14.3 Å². The number of thioether (sulfide) groups is 1. The molecule has 0 spiro atoms. The van der Waals surface area contributed by atoms with Gasteiger partial charge in [-0.25, -0.2) is 0 Å². The van der Waals surface area contributed by atoms with Crippen LogP contribution in [0.2, 0.25) is 0 Å². The number of amides is 1. The summed E-state index contributed by atoms with van der Waals surface area (Å²) in [5.74, 6) is 1.61. The average molecular weight is 416 g/mol. The summed E-state index contributed by atoms with van der Waals surface area (Å²) in [4.78, 5) is 13.7. The Hall–Kier alpha value is -2.58. The zero-order chi connectivity index (χ0) is 19.8. The van der Waals surface area contributed by atoms with E-state index in [1.54, 1.807) is 30.0 Å². The Morgan fingerprint density at radius 1 is 1.04 bits per heavy atom. The van der Waals surface area contributed by atoms with Crippen molar-refractivity contribution >= 4 is 34.1 Å². The lowest BCUT2D eigenvalue weighted by Crippen LogP contribution is -2.12. The van der Waals surface area contributed by atoms with Crippen LogP contribution in [-0.4, -0.2) is 29.3 Å². The molecule has 0 saturated heterocycles. The standard InChI is InChI=1S/C20H21N3O3S2/c1-3-25-16-11-10-14(12-17(16)26-4-2)19(24)21-20-23-22-18(28-20)13-27-15-8-6-5-7-9-15/h5-12H,3-4,13H2,1-2H3,(H,21,23,24). The van der Waals surface area contributed by atoms with E-state index in [1.807, 2.05) is 32.0 Å². The quantitative estimate of drug-likeness (QED) is 0.502. The summed E-state index contributed by atoms with van der Waals surface area (Å²) in [5.41, 5.74) is 0.474. The van der Waals surface area contributed by atoms with Gasteiger partial charge in [0, 0.05) is 10.5 Å². The van der Waals surface area contributed by atoms with Gasteiger partial charge in [0.25, 0.3) is 5.91 Å². The Labute approximate surface area is 172 Å². The van der Waals surface area contributed by atoms with Crippen molar-refractivity contribution in [2.24, 2.45) is 0 Å². The predicted molar refractivity (Wildman–Crippen MR) is 113 cm³/mol. The fourth-order valence-corrected chi connectivity index (χ4v) is 4.03. The Morgan fingerprint density at radius 3 is 2.54 bits per heavy atom. The zero-order valence-corrected chi connectivity index (χ0v) is 17.3. The Balaban J connectivity index is 1.63. The molecule has 146 valence electrons. The molecule has 0 unspecified atom stereocenters. The highest BCUT2D eigenvalue weighted by molar-refractivity contribution is 7.98. The maximum Gasteiger partial charge on any atom is 0.257 e. The van der Waals surface area contributed by atoms with E-state index < -0.39 is 0 Å². The molecule has 0 atom stereocenters. The number of hydrogen-bond donors (Lipinski definition) is 1. The minimum absolute atomic E-state index is 0.262. The molecule has 0 fully saturated rings. The van der Waals surface area contributed by atoms with E-state index >= 15 is 0 Å². The lowest BCUT2D eigenvalue weighted by Gasteiger charge is -2.12. The van der Waals surface area contributed by atoms with E-state index in [-0.39, 0.29) is 5.91 Å². The van der Waals surface area contributed by atoms with Crippen LogP contribution in [0.3, 0.4) is 0 Å². The second-order valence-electron chi connectivity index (χ2n) is 5.58. The number of aromatic nitrogens is 2. The van der Waals surface area contributed by atoms with Gasteiger partial charge in [-0.3, -0.25) is 10.1 Å². The number of carbonyl (C=O) groups excluding carboxylic acids is 1. The van der Waals surface area contributed by atoms with Gasteiger partial charge >= 0.3 is 0 Å². The lowest BCUT2D eigenvalue weighted by molar-refractivity contribution is 0.102. The summed E-state index contributed by atoms with van der Waals surface area (Å²) in [7, 11) is 0. The molecule has 0 aliphatic heterocycles. The number of rotatable bonds is 9. The molecule has 3 rings (SSSR count). The summed E-state index contributed by atoms with van der Waals surface area (Å²) in [5, 5.41) is 12.3. The molecule has 28 heavy (non-hydrogen) atoms. The van der Waals surface area contributed by atoms with Crippen LogP contribution in [0, 0.1) is 0 Å². The molecular weight excluding hydrogens is 394 g/mol. The highest BCUT2D eigenvalue weighted by Crippen LogP contribution is 2.29. The largest absolute Gasteiger partial charge is 0.490 e. The van der Waals surface area contributed by atoms with Crippen LogP contribution in [0.25, 0.3) is 0 Å². The first-order valence-electron chi connectivity index (χ1n) is 8.90. The lowest BCUT2D eigenvalue weighted by atomic mass is 10.2. The zero-order valence-electron chi connectivity index (χ0n) is 15.7. The molecule has 1 aromatic heterocycles. The third-order valence-corrected chi connectivity index (χ3v) is 5.64. The molecule has 0 radical (unpaired) electrons. The fourth-order valence-electron chi connectivity index (χ4n) is 2.39. The van der Waals surface area contributed by atoms with E-state index in [4.69, 9.17) is 9.47 Å². The van der Waals surface area contributed by atoms with Crippen molar-refractivity contribution in [2.45, 2.75) is 24.5 Å². The Bertz CT molecular complexity index is 916. The number of nitrogens with one attached hydrogen (secondary N) is 1. The van der Waals surface area contributed by atoms with Gasteiger partial charge < -0.3 is 9.47 Å². The van der Waals surface area contributed by atoms with Crippen molar-refractivity contribution in [1.29, 1.82) is 0 Å². The summed E-state index contributed by atoms with van der Waals surface area (Å²) in [6.07, 6.45) is 0. The number of benzene rings is 2. The van der Waals surface area contributed by atoms with Crippen LogP contribution < -0.4 is 14.8 Å². The third kappa shape index (κ3) is 5.46. The van der Waals surface area contributed by atoms with Gasteiger partial charge in [-0.05, 0) is 44.2 Å². The normalized spacial score (nSPS) is 10.5. The maximum absolute atomic E-state index is 12.6. The van der Waals surface area contributed by atoms with Crippen LogP contribution in [-0.2, 0) is 5.75 Å². The van der Waals surface area contributed by atoms with Crippen molar-refractivity contribution in [3.63, 3.8) is 0 Å². The van der Waals surface area contributed by atoms with Crippen LogP contribution in [0.5, 0.6) is 11.5 Å². The van der Waals surface area contributed by atoms with Crippen molar-refractivity contribution in [3.8, 4) is 11.5 Å². The number of carbonyl (C=O) groups is 1. The smallest absolute Gasteiger partial charge is 0.257 e. The van der Waals surface area contributed by atoms with Gasteiger partial charge in [-0.2, -0.15) is 0 Å². The van der Waals surface area contributed by atoms with Gasteiger partial charge in [0.2, 0.25) is 5.13 Å². The molecule has 2 aromatic carbocycles. The topological polar surface area (TPSA) is 73.3 Å². The third-order valence-electron chi connectivity index (χ3n) is 3.60. The molecule has 6 nitrogen and oxygen atoms in total. The van der Waals surface area contributed by atoms with Gasteiger partial charge in [0.05, 0.1) is 19.0 Å². The molecule has 0 aliphatic rings. The molecule has 0 saturated carbocycles. The Morgan fingerprint density at radius 2 is 1.79 bits per heavy atom. The van der Waals surface area contributed by atoms with Crippen LogP contribution >= 0.6 is 23.1 Å². The van der Waals surface area contributed by atoms with Gasteiger partial charge in [-0.1, -0.05) is 29.5 Å². The van der Waals surface area contributed by atoms with E-state index in [2.05, 4.69) is 27.6 Å². The van der Waals surface area contributed by atoms with Gasteiger partial charge in [-0.15, -0.1) is 22.0 Å². The summed E-state index contributed by atoms with van der Waals surface area (Å²) >= 11 is 3.05. The molecular formula is C20H21N3O3S2. The first kappa shape index (κ1) is 20.2. The molecule has 3 aromatic rings. The molecule has 8 heteroatoms. The number of ether oxygens (including phenoxy) is 2. The summed E-state index contributed by atoms with van der Waals surface area (Å²) in [6.45, 7) is 4.81. The highest BCUT2D eigenvalue weighted by atomic mass is 32.2. The van der Waals surface area contributed by atoms with Gasteiger partial charge in [0.15, 0.2) is 11.5 Å². The van der Waals surface area contributed by atoms with Gasteiger partial charge in [0.1, 0.15) is 5.01 Å². The van der Waals surface area contributed by atoms with Crippen molar-refractivity contribution in [2.75, 3.05) is 18.5 Å². The van der Waals surface area contributed by atoms with Crippen molar-refractivity contribution in [3.05, 3.63) is 59.1 Å². The fraction of sp³-hybridized carbons (Fsp3) is 0.250. The first-order valence-corrected chi connectivity index (χ1v) is 10.7. The monoisotopic (exact) mass is 415 g/mol. The van der Waals surface area contributed by atoms with E-state index in [9.17, 15) is 4.79 Å². The van der Waals surface area contributed by atoms with Crippen LogP contribution in [0.4, 0.5) is 5.13 Å². The SMILES string of the molecule is CCOc1ccc(C(=O)Nc2nnc(CSc3ccccc3)s2)cc1OCC. The minimum atomic E-state index is -0.262. The second-order valence-corrected chi connectivity index (χ2v) is 7.70. The maximum atomic E-state index is 12.6. The van der Waals surface area contributed by atoms with Crippen molar-refractivity contribution in [1.82, 2.24) is 10.2 Å². The van der Waals surface area contributed by atoms with Crippen LogP contribution in [0.1, 0.15) is 29.2 Å². The summed E-state index contributed by atoms with van der Waals surface area (Å²) in [6, 6.07) is 15.2. The average Bonchev–Trinajstić information content (AvgIpc) is 3.16. The number of nitrogens with zero attached hydrogens (tertiary/aromatic N) is 2. The first-order chi connectivity index (χ1) is 13.7. The van der Waals surface area contributed by atoms with E-state index in [0.717, 1.165) is 5.01 Å². The molecule has 1 heterocycles. The Kier molecular flexibility index (Phi) is 7.27. The second kappa shape index (κ2) is 10.1. The highest BCUT2D eigenvalue weighted by Gasteiger charge is 2.14. The molecule has 0 bridgehead atoms. The van der Waals surface area contributed by atoms with E-state index in [0.29, 0.717) is 41.2 Å². The molecule has 1 amide bonds. The predicted octanol–water partition coefficient (Wildman–Crippen LogP) is 4.88. The molecule has 1 N–H and O–H groups in total.